The zero-order valence-electron chi connectivity index (χ0n) is 16.9. The molecule has 162 valence electrons. The number of carbonyl (C=O) groups excluding carboxylic acids is 3. The number of nitrogens with one attached hydrogen (secondary N) is 1. The standard InChI is InChI=1S/C24H19F2N3O3/c25-17-8-6-16(7-9-17)15-28-21(14-22(30)27-19-12-10-18(26)11-13-19)23(31)29(24(28)32)20-4-2-1-3-5-20/h1-13,21H,14-15H2,(H,27,30)/t21-/m0/s1. The minimum absolute atomic E-state index is 0.0304. The Morgan fingerprint density at radius 2 is 1.44 bits per heavy atom. The number of halogens is 2. The van der Waals surface area contributed by atoms with Gasteiger partial charge in [-0.25, -0.2) is 18.5 Å². The summed E-state index contributed by atoms with van der Waals surface area (Å²) in [6.45, 7) is 0.0304. The van der Waals surface area contributed by atoms with E-state index in [0.29, 0.717) is 16.9 Å². The van der Waals surface area contributed by atoms with Crippen LogP contribution < -0.4 is 10.2 Å². The van der Waals surface area contributed by atoms with Gasteiger partial charge in [0.15, 0.2) is 0 Å². The number of hydrogen-bond donors (Lipinski definition) is 1. The summed E-state index contributed by atoms with van der Waals surface area (Å²) in [5.41, 5.74) is 1.39. The molecule has 4 rings (SSSR count). The minimum Gasteiger partial charge on any atom is -0.326 e. The van der Waals surface area contributed by atoms with Gasteiger partial charge in [0.1, 0.15) is 17.7 Å². The number of rotatable bonds is 6. The molecular formula is C24H19F2N3O3. The summed E-state index contributed by atoms with van der Waals surface area (Å²) in [6.07, 6.45) is -0.285. The van der Waals surface area contributed by atoms with Gasteiger partial charge in [-0.3, -0.25) is 9.59 Å². The maximum atomic E-state index is 13.3. The third-order valence-corrected chi connectivity index (χ3v) is 5.11. The number of amides is 4. The SMILES string of the molecule is O=C(C[C@H]1C(=O)N(c2ccccc2)C(=O)N1Cc1ccc(F)cc1)Nc1ccc(F)cc1. The summed E-state index contributed by atoms with van der Waals surface area (Å²) >= 11 is 0. The zero-order chi connectivity index (χ0) is 22.7. The summed E-state index contributed by atoms with van der Waals surface area (Å²) in [5.74, 6) is -1.89. The molecule has 4 amide bonds. The minimum atomic E-state index is -1.05. The van der Waals surface area contributed by atoms with Crippen molar-refractivity contribution in [2.75, 3.05) is 10.2 Å². The van der Waals surface area contributed by atoms with E-state index in [2.05, 4.69) is 5.32 Å². The van der Waals surface area contributed by atoms with Crippen LogP contribution in [-0.4, -0.2) is 28.8 Å². The third kappa shape index (κ3) is 4.49. The van der Waals surface area contributed by atoms with Crippen LogP contribution in [0.15, 0.2) is 78.9 Å². The topological polar surface area (TPSA) is 69.7 Å². The summed E-state index contributed by atoms with van der Waals surface area (Å²) < 4.78 is 26.4. The van der Waals surface area contributed by atoms with Gasteiger partial charge in [-0.05, 0) is 54.1 Å². The number of para-hydroxylation sites is 1. The lowest BCUT2D eigenvalue weighted by Crippen LogP contribution is -2.37. The van der Waals surface area contributed by atoms with Gasteiger partial charge in [0, 0.05) is 12.2 Å². The van der Waals surface area contributed by atoms with Gasteiger partial charge in [0.25, 0.3) is 5.91 Å². The van der Waals surface area contributed by atoms with Crippen LogP contribution in [-0.2, 0) is 16.1 Å². The van der Waals surface area contributed by atoms with Crippen molar-refractivity contribution in [3.63, 3.8) is 0 Å². The van der Waals surface area contributed by atoms with E-state index in [-0.39, 0.29) is 13.0 Å². The lowest BCUT2D eigenvalue weighted by molar-refractivity contribution is -0.124. The fourth-order valence-corrected chi connectivity index (χ4v) is 3.54. The molecule has 0 spiro atoms. The Morgan fingerprint density at radius 3 is 2.06 bits per heavy atom. The fraction of sp³-hybridized carbons (Fsp3) is 0.125. The first-order valence-corrected chi connectivity index (χ1v) is 9.92. The van der Waals surface area contributed by atoms with Gasteiger partial charge in [-0.1, -0.05) is 30.3 Å². The van der Waals surface area contributed by atoms with E-state index < -0.39 is 35.5 Å². The van der Waals surface area contributed by atoms with Gasteiger partial charge in [-0.15, -0.1) is 0 Å². The van der Waals surface area contributed by atoms with E-state index in [4.69, 9.17) is 0 Å². The Morgan fingerprint density at radius 1 is 0.844 bits per heavy atom. The molecule has 0 aliphatic carbocycles. The molecule has 3 aromatic carbocycles. The summed E-state index contributed by atoms with van der Waals surface area (Å²) in [7, 11) is 0. The molecule has 0 unspecified atom stereocenters. The van der Waals surface area contributed by atoms with Gasteiger partial charge < -0.3 is 10.2 Å². The van der Waals surface area contributed by atoms with E-state index in [1.54, 1.807) is 30.3 Å². The van der Waals surface area contributed by atoms with Crippen molar-refractivity contribution in [1.82, 2.24) is 4.90 Å². The van der Waals surface area contributed by atoms with Crippen molar-refractivity contribution in [3.05, 3.63) is 96.1 Å². The maximum absolute atomic E-state index is 13.3. The average Bonchev–Trinajstić information content (AvgIpc) is 3.01. The van der Waals surface area contributed by atoms with Gasteiger partial charge in [0.05, 0.1) is 12.1 Å². The van der Waals surface area contributed by atoms with Crippen molar-refractivity contribution < 1.29 is 23.2 Å². The van der Waals surface area contributed by atoms with Gasteiger partial charge in [0.2, 0.25) is 5.91 Å². The molecule has 0 bridgehead atoms. The van der Waals surface area contributed by atoms with Gasteiger partial charge in [-0.2, -0.15) is 0 Å². The molecule has 0 aromatic heterocycles. The molecule has 1 aliphatic heterocycles. The van der Waals surface area contributed by atoms with Crippen LogP contribution in [0.1, 0.15) is 12.0 Å². The molecule has 3 aromatic rings. The number of imide groups is 1. The number of nitrogens with zero attached hydrogens (tertiary/aromatic N) is 2. The van der Waals surface area contributed by atoms with Gasteiger partial charge >= 0.3 is 6.03 Å². The molecule has 1 fully saturated rings. The Bertz CT molecular complexity index is 1140. The highest BCUT2D eigenvalue weighted by molar-refractivity contribution is 6.22. The number of urea groups is 1. The molecule has 1 saturated heterocycles. The Labute approximate surface area is 183 Å². The molecule has 1 aliphatic rings. The molecule has 32 heavy (non-hydrogen) atoms. The van der Waals surface area contributed by atoms with Crippen LogP contribution in [0.25, 0.3) is 0 Å². The highest BCUT2D eigenvalue weighted by atomic mass is 19.1. The summed E-state index contributed by atoms with van der Waals surface area (Å²) in [6, 6.07) is 17.6. The van der Waals surface area contributed by atoms with Crippen molar-refractivity contribution in [2.24, 2.45) is 0 Å². The van der Waals surface area contributed by atoms with E-state index >= 15 is 0 Å². The number of anilines is 2. The first-order chi connectivity index (χ1) is 15.4. The predicted molar refractivity (Wildman–Crippen MR) is 115 cm³/mol. The molecule has 1 N–H and O–H groups in total. The summed E-state index contributed by atoms with van der Waals surface area (Å²) in [4.78, 5) is 41.3. The summed E-state index contributed by atoms with van der Waals surface area (Å²) in [5, 5.41) is 2.61. The Kier molecular flexibility index (Phi) is 5.93. The Hall–Kier alpha value is -4.07. The van der Waals surface area contributed by atoms with Crippen LogP contribution in [0.4, 0.5) is 25.0 Å². The second-order valence-electron chi connectivity index (χ2n) is 7.32. The number of hydrogen-bond acceptors (Lipinski definition) is 3. The first kappa shape index (κ1) is 21.2. The monoisotopic (exact) mass is 435 g/mol. The molecule has 0 saturated carbocycles. The van der Waals surface area contributed by atoms with E-state index in [1.165, 1.54) is 53.4 Å². The highest BCUT2D eigenvalue weighted by Crippen LogP contribution is 2.28. The van der Waals surface area contributed by atoms with Crippen molar-refractivity contribution in [3.8, 4) is 0 Å². The van der Waals surface area contributed by atoms with Crippen LogP contribution in [0.3, 0.4) is 0 Å². The maximum Gasteiger partial charge on any atom is 0.332 e. The number of carbonyl (C=O) groups is 3. The second kappa shape index (κ2) is 8.97. The lowest BCUT2D eigenvalue weighted by Gasteiger charge is -2.21. The molecule has 1 atom stereocenters. The Balaban J connectivity index is 1.58. The van der Waals surface area contributed by atoms with Crippen molar-refractivity contribution in [2.45, 2.75) is 19.0 Å². The molecular weight excluding hydrogens is 416 g/mol. The second-order valence-corrected chi connectivity index (χ2v) is 7.32. The van der Waals surface area contributed by atoms with Crippen LogP contribution in [0.5, 0.6) is 0 Å². The quantitative estimate of drug-likeness (QED) is 0.586. The van der Waals surface area contributed by atoms with Crippen molar-refractivity contribution >= 4 is 29.2 Å². The van der Waals surface area contributed by atoms with E-state index in [9.17, 15) is 23.2 Å². The predicted octanol–water partition coefficient (Wildman–Crippen LogP) is 4.33. The normalized spacial score (nSPS) is 15.9. The molecule has 0 radical (unpaired) electrons. The van der Waals surface area contributed by atoms with Crippen molar-refractivity contribution in [1.29, 1.82) is 0 Å². The average molecular weight is 435 g/mol. The van der Waals surface area contributed by atoms with Crippen LogP contribution >= 0.6 is 0 Å². The van der Waals surface area contributed by atoms with Crippen LogP contribution in [0.2, 0.25) is 0 Å². The van der Waals surface area contributed by atoms with E-state index in [1.807, 2.05) is 0 Å². The molecule has 1 heterocycles. The van der Waals surface area contributed by atoms with E-state index in [0.717, 1.165) is 4.90 Å². The zero-order valence-corrected chi connectivity index (χ0v) is 16.9. The lowest BCUT2D eigenvalue weighted by atomic mass is 10.1. The molecule has 6 nitrogen and oxygen atoms in total. The smallest absolute Gasteiger partial charge is 0.326 e. The third-order valence-electron chi connectivity index (χ3n) is 5.11. The molecule has 8 heteroatoms. The highest BCUT2D eigenvalue weighted by Gasteiger charge is 2.46. The first-order valence-electron chi connectivity index (χ1n) is 9.92. The fourth-order valence-electron chi connectivity index (χ4n) is 3.54. The number of benzene rings is 3. The van der Waals surface area contributed by atoms with Crippen LogP contribution in [0, 0.1) is 11.6 Å². The largest absolute Gasteiger partial charge is 0.332 e.